The molecule has 0 bridgehead atoms. The number of benzene rings is 2. The number of carbonyl (C=O) groups is 3. The number of hydrogen-bond acceptors (Lipinski definition) is 4. The molecule has 0 aliphatic carbocycles. The van der Waals surface area contributed by atoms with Crippen molar-refractivity contribution in [2.75, 3.05) is 6.54 Å². The minimum absolute atomic E-state index is 0.135. The van der Waals surface area contributed by atoms with Gasteiger partial charge in [-0.2, -0.15) is 0 Å². The molecule has 0 aromatic heterocycles. The molecule has 2 aromatic rings. The summed E-state index contributed by atoms with van der Waals surface area (Å²) in [7, 11) is 0. The van der Waals surface area contributed by atoms with Crippen LogP contribution in [0.3, 0.4) is 0 Å². The first-order chi connectivity index (χ1) is 14.3. The van der Waals surface area contributed by atoms with Crippen molar-refractivity contribution in [1.82, 2.24) is 10.6 Å². The number of hydrogen-bond donors (Lipinski definition) is 5. The molecule has 2 rings (SSSR count). The zero-order valence-electron chi connectivity index (χ0n) is 16.6. The lowest BCUT2D eigenvalue weighted by Crippen LogP contribution is -2.39. The van der Waals surface area contributed by atoms with Gasteiger partial charge in [-0.3, -0.25) is 14.4 Å². The number of carboxylic acid groups (broad SMARTS) is 1. The Bertz CT molecular complexity index is 954. The van der Waals surface area contributed by atoms with Crippen molar-refractivity contribution in [2.24, 2.45) is 16.5 Å². The topological polar surface area (TPSA) is 160 Å². The van der Waals surface area contributed by atoms with Crippen LogP contribution in [0.2, 0.25) is 0 Å². The number of aryl methyl sites for hydroxylation is 1. The van der Waals surface area contributed by atoms with E-state index in [2.05, 4.69) is 15.6 Å². The van der Waals surface area contributed by atoms with Gasteiger partial charge in [-0.05, 0) is 35.7 Å². The first-order valence-corrected chi connectivity index (χ1v) is 9.37. The van der Waals surface area contributed by atoms with Gasteiger partial charge in [-0.15, -0.1) is 0 Å². The molecule has 0 aliphatic heterocycles. The fourth-order valence-corrected chi connectivity index (χ4v) is 2.98. The molecule has 0 saturated heterocycles. The summed E-state index contributed by atoms with van der Waals surface area (Å²) >= 11 is 0. The fourth-order valence-electron chi connectivity index (χ4n) is 2.98. The summed E-state index contributed by atoms with van der Waals surface area (Å²) in [6.45, 7) is 1.64. The van der Waals surface area contributed by atoms with Crippen molar-refractivity contribution in [3.63, 3.8) is 0 Å². The maximum atomic E-state index is 12.4. The van der Waals surface area contributed by atoms with Crippen molar-refractivity contribution < 1.29 is 19.5 Å². The first-order valence-electron chi connectivity index (χ1n) is 9.37. The molecule has 0 spiro atoms. The van der Waals surface area contributed by atoms with E-state index in [4.69, 9.17) is 11.5 Å². The zero-order chi connectivity index (χ0) is 22.1. The van der Waals surface area contributed by atoms with E-state index in [1.165, 1.54) is 6.07 Å². The molecule has 0 aliphatic rings. The molecule has 9 nitrogen and oxygen atoms in total. The van der Waals surface area contributed by atoms with Gasteiger partial charge in [0.1, 0.15) is 0 Å². The highest BCUT2D eigenvalue weighted by Crippen LogP contribution is 2.22. The van der Waals surface area contributed by atoms with Gasteiger partial charge in [0.15, 0.2) is 5.96 Å². The lowest BCUT2D eigenvalue weighted by atomic mass is 9.96. The lowest BCUT2D eigenvalue weighted by molar-refractivity contribution is -0.137. The highest BCUT2D eigenvalue weighted by Gasteiger charge is 2.20. The van der Waals surface area contributed by atoms with Crippen LogP contribution < -0.4 is 22.1 Å². The minimum Gasteiger partial charge on any atom is -0.481 e. The minimum atomic E-state index is -1.04. The van der Waals surface area contributed by atoms with Gasteiger partial charge in [0.05, 0.1) is 24.7 Å². The number of nitrogens with one attached hydrogen (secondary N) is 2. The Labute approximate surface area is 174 Å². The molecule has 7 N–H and O–H groups in total. The predicted octanol–water partition coefficient (Wildman–Crippen LogP) is 1.22. The van der Waals surface area contributed by atoms with Crippen LogP contribution in [0.25, 0.3) is 0 Å². The van der Waals surface area contributed by atoms with Gasteiger partial charge in [0.2, 0.25) is 5.91 Å². The van der Waals surface area contributed by atoms with Crippen molar-refractivity contribution >= 4 is 29.4 Å². The third-order valence-corrected chi connectivity index (χ3v) is 4.30. The molecule has 158 valence electrons. The maximum Gasteiger partial charge on any atom is 0.305 e. The Morgan fingerprint density at radius 1 is 1.10 bits per heavy atom. The van der Waals surface area contributed by atoms with E-state index in [-0.39, 0.29) is 24.5 Å². The van der Waals surface area contributed by atoms with Crippen LogP contribution in [0, 0.1) is 0 Å². The molecule has 2 amide bonds. The van der Waals surface area contributed by atoms with Crippen molar-refractivity contribution in [2.45, 2.75) is 25.8 Å². The molecule has 0 radical (unpaired) electrons. The standard InChI is InChI=1S/C21H25N5O4/c1-2-13-6-3-4-9-16(13)17(11-19(28)29)26-18(27)12-24-20(30)14-7-5-8-15(10-14)25-21(22)23/h3-10,17H,2,11-12H2,1H3,(H,24,30)(H,26,27)(H,28,29)(H4,22,23,25). The van der Waals surface area contributed by atoms with E-state index in [0.717, 1.165) is 11.1 Å². The lowest BCUT2D eigenvalue weighted by Gasteiger charge is -2.20. The third-order valence-electron chi connectivity index (χ3n) is 4.30. The predicted molar refractivity (Wildman–Crippen MR) is 113 cm³/mol. The molecule has 30 heavy (non-hydrogen) atoms. The second-order valence-corrected chi connectivity index (χ2v) is 6.54. The number of nitrogens with zero attached hydrogens (tertiary/aromatic N) is 1. The molecular weight excluding hydrogens is 386 g/mol. The first kappa shape index (κ1) is 22.4. The largest absolute Gasteiger partial charge is 0.481 e. The fraction of sp³-hybridized carbons (Fsp3) is 0.238. The number of carboxylic acids is 1. The number of nitrogens with two attached hydrogens (primary N) is 2. The Morgan fingerprint density at radius 2 is 1.83 bits per heavy atom. The number of aliphatic imine (C=N–C) groups is 1. The van der Waals surface area contributed by atoms with E-state index in [0.29, 0.717) is 12.1 Å². The van der Waals surface area contributed by atoms with Crippen LogP contribution in [0.5, 0.6) is 0 Å². The van der Waals surface area contributed by atoms with Crippen LogP contribution in [-0.2, 0) is 16.0 Å². The summed E-state index contributed by atoms with van der Waals surface area (Å²) in [6.07, 6.45) is 0.433. The van der Waals surface area contributed by atoms with Gasteiger partial charge >= 0.3 is 5.97 Å². The normalized spacial score (nSPS) is 11.2. The second kappa shape index (κ2) is 10.6. The second-order valence-electron chi connectivity index (χ2n) is 6.54. The summed E-state index contributed by atoms with van der Waals surface area (Å²) in [5, 5.41) is 14.4. The quantitative estimate of drug-likeness (QED) is 0.308. The number of amides is 2. The van der Waals surface area contributed by atoms with Gasteiger partial charge < -0.3 is 27.2 Å². The van der Waals surface area contributed by atoms with Crippen LogP contribution in [0.15, 0.2) is 53.5 Å². The van der Waals surface area contributed by atoms with Crippen LogP contribution in [0.4, 0.5) is 5.69 Å². The van der Waals surface area contributed by atoms with Crippen molar-refractivity contribution in [3.8, 4) is 0 Å². The smallest absolute Gasteiger partial charge is 0.305 e. The number of rotatable bonds is 9. The van der Waals surface area contributed by atoms with Crippen LogP contribution in [-0.4, -0.2) is 35.4 Å². The van der Waals surface area contributed by atoms with E-state index in [1.807, 2.05) is 19.1 Å². The summed E-state index contributed by atoms with van der Waals surface area (Å²) in [4.78, 5) is 39.9. The summed E-state index contributed by atoms with van der Waals surface area (Å²) in [5.41, 5.74) is 13.0. The van der Waals surface area contributed by atoms with Gasteiger partial charge in [-0.25, -0.2) is 4.99 Å². The number of guanidine groups is 1. The third kappa shape index (κ3) is 6.62. The highest BCUT2D eigenvalue weighted by molar-refractivity contribution is 5.97. The van der Waals surface area contributed by atoms with E-state index >= 15 is 0 Å². The molecule has 0 heterocycles. The Balaban J connectivity index is 2.04. The Morgan fingerprint density at radius 3 is 2.50 bits per heavy atom. The molecule has 2 aromatic carbocycles. The summed E-state index contributed by atoms with van der Waals surface area (Å²) < 4.78 is 0. The van der Waals surface area contributed by atoms with Crippen molar-refractivity contribution in [3.05, 3.63) is 65.2 Å². The molecule has 9 heteroatoms. The summed E-state index contributed by atoms with van der Waals surface area (Å²) in [5.74, 6) is -2.15. The van der Waals surface area contributed by atoms with Crippen LogP contribution >= 0.6 is 0 Å². The highest BCUT2D eigenvalue weighted by atomic mass is 16.4. The average Bonchev–Trinajstić information content (AvgIpc) is 2.70. The van der Waals surface area contributed by atoms with Crippen molar-refractivity contribution in [1.29, 1.82) is 0 Å². The monoisotopic (exact) mass is 411 g/mol. The van der Waals surface area contributed by atoms with E-state index < -0.39 is 23.8 Å². The van der Waals surface area contributed by atoms with Gasteiger partial charge in [-0.1, -0.05) is 37.3 Å². The zero-order valence-corrected chi connectivity index (χ0v) is 16.6. The van der Waals surface area contributed by atoms with Crippen LogP contribution in [0.1, 0.15) is 40.9 Å². The van der Waals surface area contributed by atoms with Gasteiger partial charge in [0, 0.05) is 5.56 Å². The molecular formula is C21H25N5O4. The SMILES string of the molecule is CCc1ccccc1C(CC(=O)O)NC(=O)CNC(=O)c1cccc(N=C(N)N)c1. The Kier molecular flexibility index (Phi) is 7.92. The Hall–Kier alpha value is -3.88. The molecule has 0 saturated carbocycles. The molecule has 0 fully saturated rings. The average molecular weight is 411 g/mol. The molecule has 1 atom stereocenters. The van der Waals surface area contributed by atoms with E-state index in [1.54, 1.807) is 30.3 Å². The van der Waals surface area contributed by atoms with Gasteiger partial charge in [0.25, 0.3) is 5.91 Å². The summed E-state index contributed by atoms with van der Waals surface area (Å²) in [6, 6.07) is 12.9. The van der Waals surface area contributed by atoms with E-state index in [9.17, 15) is 19.5 Å². The maximum absolute atomic E-state index is 12.4. The number of carbonyl (C=O) groups excluding carboxylic acids is 2. The molecule has 1 unspecified atom stereocenters. The number of aliphatic carboxylic acids is 1.